The van der Waals surface area contributed by atoms with Crippen molar-refractivity contribution in [2.75, 3.05) is 18.4 Å². The third-order valence-electron chi connectivity index (χ3n) is 4.13. The number of carbonyl (C=O) groups excluding carboxylic acids is 1. The fourth-order valence-electron chi connectivity index (χ4n) is 3.06. The number of amides is 1. The Labute approximate surface area is 159 Å². The zero-order valence-electron chi connectivity index (χ0n) is 14.9. The molecule has 0 bridgehead atoms. The molecule has 1 fully saturated rings. The lowest BCUT2D eigenvalue weighted by molar-refractivity contribution is -0.137. The first-order chi connectivity index (χ1) is 12.7. The standard InChI is InChI=1S/C18H20F3N3O2S/c1-11-7-24(8-12(2)26-11)9-15-10-27-17(22-15)23-16(25)13-3-5-14(6-4-13)18(19,20)21/h3-6,10-12H,7-9H2,1-2H3,(H,22,23,25)/t11-,12-/m0/s1. The van der Waals surface area contributed by atoms with Gasteiger partial charge in [0.15, 0.2) is 5.13 Å². The average Bonchev–Trinajstić information content (AvgIpc) is 3.00. The molecule has 2 aromatic rings. The molecule has 9 heteroatoms. The first-order valence-corrected chi connectivity index (χ1v) is 9.39. The number of nitrogens with zero attached hydrogens (tertiary/aromatic N) is 2. The smallest absolute Gasteiger partial charge is 0.373 e. The molecule has 1 aliphatic heterocycles. The van der Waals surface area contributed by atoms with E-state index in [0.717, 1.165) is 43.0 Å². The maximum Gasteiger partial charge on any atom is 0.416 e. The van der Waals surface area contributed by atoms with E-state index in [1.165, 1.54) is 11.3 Å². The van der Waals surface area contributed by atoms with Crippen LogP contribution < -0.4 is 5.32 Å². The Balaban J connectivity index is 1.59. The summed E-state index contributed by atoms with van der Waals surface area (Å²) in [6.07, 6.45) is -4.11. The molecule has 146 valence electrons. The van der Waals surface area contributed by atoms with Crippen LogP contribution in [0.5, 0.6) is 0 Å². The van der Waals surface area contributed by atoms with Gasteiger partial charge in [-0.3, -0.25) is 15.0 Å². The summed E-state index contributed by atoms with van der Waals surface area (Å²) in [5, 5.41) is 4.92. The molecule has 0 aliphatic carbocycles. The molecule has 5 nitrogen and oxygen atoms in total. The van der Waals surface area contributed by atoms with Crippen LogP contribution in [0.15, 0.2) is 29.6 Å². The average molecular weight is 399 g/mol. The lowest BCUT2D eigenvalue weighted by Gasteiger charge is -2.34. The highest BCUT2D eigenvalue weighted by atomic mass is 32.1. The van der Waals surface area contributed by atoms with E-state index in [1.54, 1.807) is 0 Å². The van der Waals surface area contributed by atoms with E-state index in [4.69, 9.17) is 4.74 Å². The predicted molar refractivity (Wildman–Crippen MR) is 96.8 cm³/mol. The van der Waals surface area contributed by atoms with Gasteiger partial charge < -0.3 is 4.74 Å². The number of hydrogen-bond acceptors (Lipinski definition) is 5. The van der Waals surface area contributed by atoms with Crippen LogP contribution in [0.2, 0.25) is 0 Å². The molecule has 1 aromatic heterocycles. The minimum atomic E-state index is -4.42. The van der Waals surface area contributed by atoms with Crippen LogP contribution in [0, 0.1) is 0 Å². The highest BCUT2D eigenvalue weighted by Crippen LogP contribution is 2.29. The van der Waals surface area contributed by atoms with Crippen molar-refractivity contribution in [3.05, 3.63) is 46.5 Å². The normalized spacial score (nSPS) is 21.2. The van der Waals surface area contributed by atoms with Gasteiger partial charge in [0.2, 0.25) is 0 Å². The van der Waals surface area contributed by atoms with Gasteiger partial charge in [0.05, 0.1) is 23.5 Å². The number of carbonyl (C=O) groups is 1. The topological polar surface area (TPSA) is 54.5 Å². The summed E-state index contributed by atoms with van der Waals surface area (Å²) < 4.78 is 43.5. The molecule has 1 amide bonds. The van der Waals surface area contributed by atoms with Crippen LogP contribution in [0.25, 0.3) is 0 Å². The fraction of sp³-hybridized carbons (Fsp3) is 0.444. The van der Waals surface area contributed by atoms with Crippen molar-refractivity contribution in [3.63, 3.8) is 0 Å². The van der Waals surface area contributed by atoms with Crippen LogP contribution in [0.3, 0.4) is 0 Å². The van der Waals surface area contributed by atoms with Crippen molar-refractivity contribution in [1.29, 1.82) is 0 Å². The van der Waals surface area contributed by atoms with Gasteiger partial charge in [-0.15, -0.1) is 11.3 Å². The Morgan fingerprint density at radius 1 is 1.26 bits per heavy atom. The number of thiazole rings is 1. The van der Waals surface area contributed by atoms with E-state index in [1.807, 2.05) is 19.2 Å². The van der Waals surface area contributed by atoms with Gasteiger partial charge in [0.25, 0.3) is 5.91 Å². The van der Waals surface area contributed by atoms with Crippen molar-refractivity contribution in [3.8, 4) is 0 Å². The first-order valence-electron chi connectivity index (χ1n) is 8.51. The summed E-state index contributed by atoms with van der Waals surface area (Å²) in [5.74, 6) is -0.488. The van der Waals surface area contributed by atoms with E-state index < -0.39 is 17.6 Å². The van der Waals surface area contributed by atoms with Gasteiger partial charge >= 0.3 is 6.18 Å². The number of alkyl halides is 3. The molecule has 1 N–H and O–H groups in total. The number of aromatic nitrogens is 1. The largest absolute Gasteiger partial charge is 0.416 e. The maximum absolute atomic E-state index is 12.6. The number of benzene rings is 1. The number of nitrogens with one attached hydrogen (secondary N) is 1. The Morgan fingerprint density at radius 2 is 1.89 bits per heavy atom. The lowest BCUT2D eigenvalue weighted by atomic mass is 10.1. The van der Waals surface area contributed by atoms with Crippen molar-refractivity contribution < 1.29 is 22.7 Å². The molecule has 2 atom stereocenters. The molecule has 1 aliphatic rings. The zero-order chi connectivity index (χ0) is 19.6. The third kappa shape index (κ3) is 5.27. The van der Waals surface area contributed by atoms with Gasteiger partial charge in [-0.05, 0) is 38.1 Å². The summed E-state index contributed by atoms with van der Waals surface area (Å²) in [5.41, 5.74) is 0.198. The summed E-state index contributed by atoms with van der Waals surface area (Å²) in [6.45, 7) is 6.34. The van der Waals surface area contributed by atoms with Gasteiger partial charge in [-0.25, -0.2) is 4.98 Å². The second-order valence-electron chi connectivity index (χ2n) is 6.62. The first kappa shape index (κ1) is 19.8. The summed E-state index contributed by atoms with van der Waals surface area (Å²) in [7, 11) is 0. The Hall–Kier alpha value is -1.97. The van der Waals surface area contributed by atoms with Crippen molar-refractivity contribution >= 4 is 22.4 Å². The van der Waals surface area contributed by atoms with Crippen molar-refractivity contribution in [2.24, 2.45) is 0 Å². The molecule has 1 saturated heterocycles. The summed E-state index contributed by atoms with van der Waals surface area (Å²) >= 11 is 1.29. The third-order valence-corrected chi connectivity index (χ3v) is 4.93. The second-order valence-corrected chi connectivity index (χ2v) is 7.48. The SMILES string of the molecule is C[C@H]1CN(Cc2csc(NC(=O)c3ccc(C(F)(F)F)cc3)n2)C[C@H](C)O1. The Kier molecular flexibility index (Phi) is 5.83. The molecule has 0 saturated carbocycles. The number of morpholine rings is 1. The molecule has 2 heterocycles. The lowest BCUT2D eigenvalue weighted by Crippen LogP contribution is -2.44. The molecule has 0 unspecified atom stereocenters. The van der Waals surface area contributed by atoms with E-state index in [2.05, 4.69) is 15.2 Å². The number of rotatable bonds is 4. The van der Waals surface area contributed by atoms with Gasteiger partial charge in [0, 0.05) is 30.6 Å². The van der Waals surface area contributed by atoms with E-state index >= 15 is 0 Å². The van der Waals surface area contributed by atoms with Crippen LogP contribution in [0.1, 0.15) is 35.5 Å². The number of hydrogen-bond donors (Lipinski definition) is 1. The summed E-state index contributed by atoms with van der Waals surface area (Å²) in [4.78, 5) is 18.9. The molecule has 27 heavy (non-hydrogen) atoms. The van der Waals surface area contributed by atoms with E-state index in [-0.39, 0.29) is 17.8 Å². The molecule has 3 rings (SSSR count). The van der Waals surface area contributed by atoms with Crippen molar-refractivity contribution in [1.82, 2.24) is 9.88 Å². The van der Waals surface area contributed by atoms with Gasteiger partial charge in [0.1, 0.15) is 0 Å². The second kappa shape index (κ2) is 7.95. The molecule has 0 spiro atoms. The Bertz CT molecular complexity index is 782. The van der Waals surface area contributed by atoms with E-state index in [9.17, 15) is 18.0 Å². The number of halogens is 3. The molecule has 0 radical (unpaired) electrons. The quantitative estimate of drug-likeness (QED) is 0.844. The molecular weight excluding hydrogens is 379 g/mol. The minimum Gasteiger partial charge on any atom is -0.373 e. The molecule has 1 aromatic carbocycles. The van der Waals surface area contributed by atoms with Crippen LogP contribution >= 0.6 is 11.3 Å². The van der Waals surface area contributed by atoms with Crippen LogP contribution in [-0.4, -0.2) is 41.1 Å². The van der Waals surface area contributed by atoms with Crippen LogP contribution in [-0.2, 0) is 17.5 Å². The summed E-state index contributed by atoms with van der Waals surface area (Å²) in [6, 6.07) is 4.10. The van der Waals surface area contributed by atoms with Crippen LogP contribution in [0.4, 0.5) is 18.3 Å². The highest BCUT2D eigenvalue weighted by Gasteiger charge is 2.30. The monoisotopic (exact) mass is 399 g/mol. The molecular formula is C18H20F3N3O2S. The number of anilines is 1. The minimum absolute atomic E-state index is 0.149. The zero-order valence-corrected chi connectivity index (χ0v) is 15.7. The fourth-order valence-corrected chi connectivity index (χ4v) is 3.76. The van der Waals surface area contributed by atoms with Gasteiger partial charge in [-0.2, -0.15) is 13.2 Å². The van der Waals surface area contributed by atoms with Crippen molar-refractivity contribution in [2.45, 2.75) is 38.8 Å². The van der Waals surface area contributed by atoms with Gasteiger partial charge in [-0.1, -0.05) is 0 Å². The number of ether oxygens (including phenoxy) is 1. The van der Waals surface area contributed by atoms with E-state index in [0.29, 0.717) is 11.7 Å². The predicted octanol–water partition coefficient (Wildman–Crippen LogP) is 4.02. The Morgan fingerprint density at radius 3 is 2.48 bits per heavy atom. The highest BCUT2D eigenvalue weighted by molar-refractivity contribution is 7.13. The maximum atomic E-state index is 12.6.